The molecule has 1 aromatic heterocycles. The maximum Gasteiger partial charge on any atom is 0.220 e. The molecule has 0 unspecified atom stereocenters. The van der Waals surface area contributed by atoms with Crippen LogP contribution in [0.1, 0.15) is 38.3 Å². The van der Waals surface area contributed by atoms with Crippen LogP contribution in [0.2, 0.25) is 5.02 Å². The van der Waals surface area contributed by atoms with Gasteiger partial charge in [0.2, 0.25) is 5.91 Å². The number of benzene rings is 2. The minimum Gasteiger partial charge on any atom is -0.347 e. The molecule has 27 heavy (non-hydrogen) atoms. The maximum atomic E-state index is 11.9. The highest BCUT2D eigenvalue weighted by Gasteiger charge is 2.24. The summed E-state index contributed by atoms with van der Waals surface area (Å²) in [6, 6.07) is 16.1. The molecule has 0 saturated carbocycles. The Morgan fingerprint density at radius 3 is 2.63 bits per heavy atom. The van der Waals surface area contributed by atoms with E-state index in [1.54, 1.807) is 6.20 Å². The van der Waals surface area contributed by atoms with Crippen LogP contribution < -0.4 is 5.32 Å². The lowest BCUT2D eigenvalue weighted by molar-refractivity contribution is -0.122. The molecule has 3 aromatic rings. The molecule has 1 amide bonds. The number of hydrogen-bond acceptors (Lipinski definition) is 2. The highest BCUT2D eigenvalue weighted by Crippen LogP contribution is 2.32. The zero-order valence-corrected chi connectivity index (χ0v) is 16.6. The minimum atomic E-state index is -0.497. The lowest BCUT2D eigenvalue weighted by atomic mass is 9.92. The first-order chi connectivity index (χ1) is 12.9. The van der Waals surface area contributed by atoms with E-state index in [2.05, 4.69) is 27.0 Å². The number of hydrogen-bond donors (Lipinski definition) is 1. The van der Waals surface area contributed by atoms with Gasteiger partial charge in [0.15, 0.2) is 0 Å². The Kier molecular flexibility index (Phi) is 5.66. The molecule has 2 aromatic carbocycles. The van der Waals surface area contributed by atoms with Gasteiger partial charge < -0.3 is 9.88 Å². The molecule has 0 aliphatic rings. The van der Waals surface area contributed by atoms with Crippen molar-refractivity contribution in [2.45, 2.75) is 39.3 Å². The Morgan fingerprint density at radius 1 is 1.19 bits per heavy atom. The molecule has 1 heterocycles. The van der Waals surface area contributed by atoms with Crippen LogP contribution in [-0.2, 0) is 16.9 Å². The molecule has 0 saturated heterocycles. The summed E-state index contributed by atoms with van der Waals surface area (Å²) in [5.41, 5.74) is 2.54. The van der Waals surface area contributed by atoms with Gasteiger partial charge in [-0.15, -0.1) is 0 Å². The zero-order valence-electron chi connectivity index (χ0n) is 15.9. The fourth-order valence-corrected chi connectivity index (χ4v) is 3.26. The van der Waals surface area contributed by atoms with Crippen LogP contribution in [0.4, 0.5) is 0 Å². The number of amides is 1. The monoisotopic (exact) mass is 381 g/mol. The Morgan fingerprint density at radius 2 is 1.93 bits per heavy atom. The first-order valence-corrected chi connectivity index (χ1v) is 9.45. The Balaban J connectivity index is 1.96. The lowest BCUT2D eigenvalue weighted by Crippen LogP contribution is -2.40. The summed E-state index contributed by atoms with van der Waals surface area (Å²) >= 11 is 6.51. The Bertz CT molecular complexity index is 932. The molecule has 0 fully saturated rings. The van der Waals surface area contributed by atoms with Crippen molar-refractivity contribution in [3.8, 4) is 11.4 Å². The third-order valence-corrected chi connectivity index (χ3v) is 4.94. The van der Waals surface area contributed by atoms with Crippen LogP contribution in [-0.4, -0.2) is 15.5 Å². The summed E-state index contributed by atoms with van der Waals surface area (Å²) in [7, 11) is 0. The molecule has 0 aliphatic carbocycles. The number of nitrogens with one attached hydrogen (secondary N) is 1. The van der Waals surface area contributed by atoms with E-state index in [4.69, 9.17) is 11.6 Å². The third-order valence-electron chi connectivity index (χ3n) is 4.61. The van der Waals surface area contributed by atoms with E-state index in [0.29, 0.717) is 18.0 Å². The third kappa shape index (κ3) is 4.40. The first kappa shape index (κ1) is 19.2. The first-order valence-electron chi connectivity index (χ1n) is 9.07. The molecule has 5 heteroatoms. The number of nitrogens with zero attached hydrogens (tertiary/aromatic N) is 2. The van der Waals surface area contributed by atoms with Crippen LogP contribution in [0.3, 0.4) is 0 Å². The van der Waals surface area contributed by atoms with Gasteiger partial charge in [-0.05, 0) is 37.1 Å². The number of halogens is 1. The topological polar surface area (TPSA) is 46.9 Å². The van der Waals surface area contributed by atoms with Crippen LogP contribution in [0, 0.1) is 0 Å². The van der Waals surface area contributed by atoms with Crippen molar-refractivity contribution in [2.24, 2.45) is 0 Å². The van der Waals surface area contributed by atoms with Crippen molar-refractivity contribution in [3.63, 3.8) is 0 Å². The van der Waals surface area contributed by atoms with Crippen molar-refractivity contribution >= 4 is 17.5 Å². The quantitative estimate of drug-likeness (QED) is 0.652. The van der Waals surface area contributed by atoms with Crippen molar-refractivity contribution < 1.29 is 4.79 Å². The van der Waals surface area contributed by atoms with E-state index in [1.807, 2.05) is 63.4 Å². The molecule has 0 spiro atoms. The average molecular weight is 382 g/mol. The second kappa shape index (κ2) is 7.97. The highest BCUT2D eigenvalue weighted by molar-refractivity contribution is 6.33. The van der Waals surface area contributed by atoms with Gasteiger partial charge in [-0.1, -0.05) is 54.9 Å². The zero-order chi connectivity index (χ0) is 19.4. The predicted octanol–water partition coefficient (Wildman–Crippen LogP) is 5.01. The molecule has 3 rings (SSSR count). The lowest BCUT2D eigenvalue weighted by Gasteiger charge is -2.27. The Labute approximate surface area is 165 Å². The molecule has 4 nitrogen and oxygen atoms in total. The Hall–Kier alpha value is -2.59. The van der Waals surface area contributed by atoms with Gasteiger partial charge in [-0.3, -0.25) is 4.79 Å². The van der Waals surface area contributed by atoms with E-state index < -0.39 is 5.54 Å². The number of aromatic nitrogens is 2. The molecule has 0 radical (unpaired) electrons. The van der Waals surface area contributed by atoms with Crippen molar-refractivity contribution in [2.75, 3.05) is 0 Å². The molecule has 140 valence electrons. The van der Waals surface area contributed by atoms with Gasteiger partial charge in [0.1, 0.15) is 5.82 Å². The largest absolute Gasteiger partial charge is 0.347 e. The van der Waals surface area contributed by atoms with E-state index >= 15 is 0 Å². The van der Waals surface area contributed by atoms with Gasteiger partial charge in [-0.25, -0.2) is 4.98 Å². The van der Waals surface area contributed by atoms with E-state index in [0.717, 1.165) is 17.0 Å². The molecular weight excluding hydrogens is 358 g/mol. The molecule has 0 bridgehead atoms. The number of rotatable bonds is 6. The maximum absolute atomic E-state index is 11.9. The summed E-state index contributed by atoms with van der Waals surface area (Å²) in [6.07, 6.45) is 4.19. The standard InChI is InChI=1S/C22H24ClN3O/c1-4-20(27)25-22(2,3)17-10-11-19(23)18(14-17)21-24-12-13-26(21)15-16-8-6-5-7-9-16/h5-14H,4,15H2,1-3H3,(H,25,27). The van der Waals surface area contributed by atoms with Crippen molar-refractivity contribution in [1.29, 1.82) is 0 Å². The van der Waals surface area contributed by atoms with E-state index in [9.17, 15) is 4.79 Å². The van der Waals surface area contributed by atoms with Gasteiger partial charge in [-0.2, -0.15) is 0 Å². The second-order valence-electron chi connectivity index (χ2n) is 7.09. The van der Waals surface area contributed by atoms with Crippen LogP contribution in [0.15, 0.2) is 60.9 Å². The van der Waals surface area contributed by atoms with Crippen LogP contribution in [0.25, 0.3) is 11.4 Å². The molecular formula is C22H24ClN3O. The summed E-state index contributed by atoms with van der Waals surface area (Å²) in [6.45, 7) is 6.54. The number of carbonyl (C=O) groups is 1. The average Bonchev–Trinajstić information content (AvgIpc) is 3.10. The van der Waals surface area contributed by atoms with Crippen molar-refractivity contribution in [1.82, 2.24) is 14.9 Å². The minimum absolute atomic E-state index is 0.0158. The fraction of sp³-hybridized carbons (Fsp3) is 0.273. The number of imidazole rings is 1. The highest BCUT2D eigenvalue weighted by atomic mass is 35.5. The summed E-state index contributed by atoms with van der Waals surface area (Å²) in [4.78, 5) is 16.4. The smallest absolute Gasteiger partial charge is 0.220 e. The van der Waals surface area contributed by atoms with Crippen molar-refractivity contribution in [3.05, 3.63) is 77.1 Å². The van der Waals surface area contributed by atoms with E-state index in [1.165, 1.54) is 5.56 Å². The molecule has 0 atom stereocenters. The predicted molar refractivity (Wildman–Crippen MR) is 110 cm³/mol. The summed E-state index contributed by atoms with van der Waals surface area (Å²) < 4.78 is 2.08. The number of carbonyl (C=O) groups excluding carboxylic acids is 1. The summed E-state index contributed by atoms with van der Waals surface area (Å²) in [5.74, 6) is 0.824. The molecule has 1 N–H and O–H groups in total. The summed E-state index contributed by atoms with van der Waals surface area (Å²) in [5, 5.41) is 3.70. The van der Waals surface area contributed by atoms with Gasteiger partial charge in [0, 0.05) is 30.9 Å². The van der Waals surface area contributed by atoms with Crippen LogP contribution >= 0.6 is 11.6 Å². The van der Waals surface area contributed by atoms with Crippen LogP contribution in [0.5, 0.6) is 0 Å². The van der Waals surface area contributed by atoms with Gasteiger partial charge >= 0.3 is 0 Å². The molecule has 0 aliphatic heterocycles. The SMILES string of the molecule is CCC(=O)NC(C)(C)c1ccc(Cl)c(-c2nccn2Cc2ccccc2)c1. The van der Waals surface area contributed by atoms with E-state index in [-0.39, 0.29) is 5.91 Å². The van der Waals surface area contributed by atoms with Gasteiger partial charge in [0.05, 0.1) is 10.6 Å². The normalized spacial score (nSPS) is 11.4. The fourth-order valence-electron chi connectivity index (χ4n) is 3.06. The second-order valence-corrected chi connectivity index (χ2v) is 7.49. The van der Waals surface area contributed by atoms with Gasteiger partial charge in [0.25, 0.3) is 0 Å².